The Morgan fingerprint density at radius 3 is 2.38 bits per heavy atom. The van der Waals surface area contributed by atoms with E-state index in [-0.39, 0.29) is 59.4 Å². The Hall–Kier alpha value is -3.02. The number of halogens is 3. The van der Waals surface area contributed by atoms with Crippen LogP contribution in [0.5, 0.6) is 0 Å². The number of hydrogen-bond acceptors (Lipinski definition) is 6. The minimum atomic E-state index is -4.18. The SMILES string of the molecule is CCS(=O)(=O)c1ccc(CNC(=O)c2cnc3c(c2)C(=O)N(C[C@H]2CC[C@H](C(F)(F)F)CC2)[C@H]3C(C)C)nc1. The molecule has 39 heavy (non-hydrogen) atoms. The van der Waals surface area contributed by atoms with E-state index in [0.29, 0.717) is 36.3 Å². The van der Waals surface area contributed by atoms with Crippen molar-refractivity contribution in [1.82, 2.24) is 20.2 Å². The van der Waals surface area contributed by atoms with Crippen LogP contribution >= 0.6 is 0 Å². The molecule has 4 rings (SSSR count). The van der Waals surface area contributed by atoms with Crippen molar-refractivity contribution in [3.63, 3.8) is 0 Å². The maximum Gasteiger partial charge on any atom is 0.391 e. The van der Waals surface area contributed by atoms with E-state index in [9.17, 15) is 31.2 Å². The molecule has 0 spiro atoms. The van der Waals surface area contributed by atoms with E-state index in [1.165, 1.54) is 30.6 Å². The van der Waals surface area contributed by atoms with E-state index < -0.39 is 27.8 Å². The second-order valence-electron chi connectivity index (χ2n) is 10.6. The molecule has 212 valence electrons. The fourth-order valence-electron chi connectivity index (χ4n) is 5.40. The summed E-state index contributed by atoms with van der Waals surface area (Å²) in [6.07, 6.45) is -0.536. The monoisotopic (exact) mass is 566 g/mol. The Labute approximate surface area is 226 Å². The van der Waals surface area contributed by atoms with E-state index in [2.05, 4.69) is 15.3 Å². The summed E-state index contributed by atoms with van der Waals surface area (Å²) in [5.74, 6) is -2.03. The van der Waals surface area contributed by atoms with Gasteiger partial charge in [0.05, 0.1) is 51.7 Å². The molecular weight excluding hydrogens is 533 g/mol. The van der Waals surface area contributed by atoms with Crippen molar-refractivity contribution in [2.45, 2.75) is 70.1 Å². The molecular formula is C27H33F3N4O4S. The Morgan fingerprint density at radius 2 is 1.82 bits per heavy atom. The topological polar surface area (TPSA) is 109 Å². The van der Waals surface area contributed by atoms with Gasteiger partial charge in [-0.05, 0) is 55.7 Å². The predicted molar refractivity (Wildman–Crippen MR) is 137 cm³/mol. The zero-order valence-electron chi connectivity index (χ0n) is 22.2. The molecule has 8 nitrogen and oxygen atoms in total. The van der Waals surface area contributed by atoms with Crippen molar-refractivity contribution < 1.29 is 31.2 Å². The Balaban J connectivity index is 1.43. The maximum atomic E-state index is 13.4. The number of alkyl halides is 3. The van der Waals surface area contributed by atoms with Gasteiger partial charge in [0.25, 0.3) is 11.8 Å². The van der Waals surface area contributed by atoms with Gasteiger partial charge in [-0.1, -0.05) is 20.8 Å². The molecule has 0 radical (unpaired) electrons. The highest BCUT2D eigenvalue weighted by molar-refractivity contribution is 7.91. The molecule has 1 fully saturated rings. The second kappa shape index (κ2) is 11.2. The van der Waals surface area contributed by atoms with E-state index in [1.54, 1.807) is 11.8 Å². The van der Waals surface area contributed by atoms with Crippen molar-refractivity contribution in [2.24, 2.45) is 17.8 Å². The number of sulfone groups is 1. The first-order chi connectivity index (χ1) is 18.3. The second-order valence-corrected chi connectivity index (χ2v) is 12.9. The number of nitrogens with one attached hydrogen (secondary N) is 1. The first-order valence-electron chi connectivity index (χ1n) is 13.1. The molecule has 12 heteroatoms. The van der Waals surface area contributed by atoms with Gasteiger partial charge in [0, 0.05) is 18.9 Å². The fraction of sp³-hybridized carbons (Fsp3) is 0.556. The molecule has 2 aromatic rings. The van der Waals surface area contributed by atoms with Gasteiger partial charge in [-0.25, -0.2) is 8.42 Å². The third-order valence-electron chi connectivity index (χ3n) is 7.65. The van der Waals surface area contributed by atoms with Gasteiger partial charge in [-0.3, -0.25) is 19.6 Å². The molecule has 2 aliphatic rings. The number of fused-ring (bicyclic) bond motifs is 1. The lowest BCUT2D eigenvalue weighted by atomic mass is 9.81. The molecule has 2 amide bonds. The van der Waals surface area contributed by atoms with Gasteiger partial charge in [-0.2, -0.15) is 13.2 Å². The first-order valence-corrected chi connectivity index (χ1v) is 14.8. The first kappa shape index (κ1) is 29.0. The van der Waals surface area contributed by atoms with Crippen molar-refractivity contribution in [2.75, 3.05) is 12.3 Å². The quantitative estimate of drug-likeness (QED) is 0.495. The van der Waals surface area contributed by atoms with E-state index >= 15 is 0 Å². The average molecular weight is 567 g/mol. The Bertz CT molecular complexity index is 1320. The van der Waals surface area contributed by atoms with Gasteiger partial charge in [-0.15, -0.1) is 0 Å². The normalized spacial score (nSPS) is 21.8. The number of amides is 2. The van der Waals surface area contributed by atoms with Crippen molar-refractivity contribution >= 4 is 21.7 Å². The van der Waals surface area contributed by atoms with Gasteiger partial charge >= 0.3 is 6.18 Å². The molecule has 0 unspecified atom stereocenters. The van der Waals surface area contributed by atoms with Crippen LogP contribution in [0.15, 0.2) is 35.5 Å². The summed E-state index contributed by atoms with van der Waals surface area (Å²) < 4.78 is 63.1. The summed E-state index contributed by atoms with van der Waals surface area (Å²) in [5.41, 5.74) is 1.57. The summed E-state index contributed by atoms with van der Waals surface area (Å²) in [6, 6.07) is 4.17. The maximum absolute atomic E-state index is 13.4. The lowest BCUT2D eigenvalue weighted by Gasteiger charge is -2.35. The molecule has 1 aliphatic heterocycles. The summed E-state index contributed by atoms with van der Waals surface area (Å²) in [6.45, 7) is 5.89. The lowest BCUT2D eigenvalue weighted by molar-refractivity contribution is -0.184. The van der Waals surface area contributed by atoms with E-state index in [0.717, 1.165) is 0 Å². The number of carbonyl (C=O) groups excluding carboxylic acids is 2. The smallest absolute Gasteiger partial charge is 0.346 e. The van der Waals surface area contributed by atoms with Gasteiger partial charge < -0.3 is 10.2 Å². The van der Waals surface area contributed by atoms with Gasteiger partial charge in [0.1, 0.15) is 0 Å². The molecule has 2 aromatic heterocycles. The van der Waals surface area contributed by atoms with E-state index in [4.69, 9.17) is 0 Å². The number of nitrogens with zero attached hydrogens (tertiary/aromatic N) is 3. The number of hydrogen-bond donors (Lipinski definition) is 1. The molecule has 1 aliphatic carbocycles. The van der Waals surface area contributed by atoms with Crippen LogP contribution in [0.3, 0.4) is 0 Å². The van der Waals surface area contributed by atoms with Crippen LogP contribution in [0.1, 0.15) is 84.6 Å². The minimum Gasteiger partial charge on any atom is -0.346 e. The highest BCUT2D eigenvalue weighted by Gasteiger charge is 2.44. The van der Waals surface area contributed by atoms with Crippen LogP contribution in [0.25, 0.3) is 0 Å². The predicted octanol–water partition coefficient (Wildman–Crippen LogP) is 4.72. The number of aromatic nitrogens is 2. The van der Waals surface area contributed by atoms with Crippen molar-refractivity contribution in [3.05, 3.63) is 53.1 Å². The van der Waals surface area contributed by atoms with Crippen molar-refractivity contribution in [3.8, 4) is 0 Å². The molecule has 1 N–H and O–H groups in total. The van der Waals surface area contributed by atoms with Gasteiger partial charge in [0.15, 0.2) is 9.84 Å². The van der Waals surface area contributed by atoms with Gasteiger partial charge in [0.2, 0.25) is 0 Å². The molecule has 1 saturated carbocycles. The number of rotatable bonds is 8. The largest absolute Gasteiger partial charge is 0.391 e. The Morgan fingerprint density at radius 1 is 1.13 bits per heavy atom. The van der Waals surface area contributed by atoms with Crippen LogP contribution in [0.2, 0.25) is 0 Å². The van der Waals surface area contributed by atoms with E-state index in [1.807, 2.05) is 13.8 Å². The van der Waals surface area contributed by atoms with Crippen LogP contribution in [0, 0.1) is 17.8 Å². The Kier molecular flexibility index (Phi) is 8.34. The summed E-state index contributed by atoms with van der Waals surface area (Å²) >= 11 is 0. The molecule has 1 atom stereocenters. The van der Waals surface area contributed by atoms with Crippen molar-refractivity contribution in [1.29, 1.82) is 0 Å². The molecule has 0 saturated heterocycles. The zero-order valence-corrected chi connectivity index (χ0v) is 23.0. The minimum absolute atomic E-state index is 0.0166. The fourth-order valence-corrected chi connectivity index (χ4v) is 6.22. The number of carbonyl (C=O) groups is 2. The molecule has 0 bridgehead atoms. The standard InChI is InChI=1S/C27H33F3N4O4S/c1-4-39(37,38)21-10-9-20(31-14-21)13-33-25(35)18-11-22-23(32-12-18)24(16(2)3)34(26(22)36)15-17-5-7-19(8-6-17)27(28,29)30/h9-12,14,16-17,19,24H,4-8,13,15H2,1-3H3,(H,33,35)/t17-,19-,24-/m0/s1. The summed E-state index contributed by atoms with van der Waals surface area (Å²) in [5, 5.41) is 2.71. The summed E-state index contributed by atoms with van der Waals surface area (Å²) in [7, 11) is -3.37. The van der Waals surface area contributed by atoms with Crippen LogP contribution < -0.4 is 5.32 Å². The van der Waals surface area contributed by atoms with Crippen LogP contribution in [-0.2, 0) is 16.4 Å². The molecule has 3 heterocycles. The summed E-state index contributed by atoms with van der Waals surface area (Å²) in [4.78, 5) is 36.6. The zero-order chi connectivity index (χ0) is 28.5. The highest BCUT2D eigenvalue weighted by atomic mass is 32.2. The third kappa shape index (κ3) is 6.26. The lowest BCUT2D eigenvalue weighted by Crippen LogP contribution is -2.37. The highest BCUT2D eigenvalue weighted by Crippen LogP contribution is 2.43. The van der Waals surface area contributed by atoms with Crippen LogP contribution in [-0.4, -0.2) is 53.6 Å². The van der Waals surface area contributed by atoms with Crippen LogP contribution in [0.4, 0.5) is 13.2 Å². The average Bonchev–Trinajstić information content (AvgIpc) is 3.18. The number of pyridine rings is 2. The third-order valence-corrected chi connectivity index (χ3v) is 9.37. The molecule has 0 aromatic carbocycles.